The Hall–Kier alpha value is -1.53. The molecule has 0 aromatic heterocycles. The number of rotatable bonds is 0. The van der Waals surface area contributed by atoms with Crippen molar-refractivity contribution in [3.63, 3.8) is 0 Å². The van der Waals surface area contributed by atoms with E-state index in [0.717, 1.165) is 11.4 Å². The first-order chi connectivity index (χ1) is 9.75. The van der Waals surface area contributed by atoms with E-state index in [-0.39, 0.29) is 0 Å². The molecule has 2 aromatic rings. The van der Waals surface area contributed by atoms with Crippen molar-refractivity contribution in [3.05, 3.63) is 67.4 Å². The van der Waals surface area contributed by atoms with Crippen LogP contribution in [-0.4, -0.2) is 0 Å². The summed E-state index contributed by atoms with van der Waals surface area (Å²) in [5.74, 6) is 0. The van der Waals surface area contributed by atoms with E-state index in [0.29, 0.717) is 0 Å². The van der Waals surface area contributed by atoms with Crippen molar-refractivity contribution < 1.29 is 0 Å². The molecule has 0 bridgehead atoms. The van der Waals surface area contributed by atoms with E-state index in [1.165, 1.54) is 45.7 Å². The Bertz CT molecular complexity index is 919. The first kappa shape index (κ1) is 12.2. The quantitative estimate of drug-likeness (QED) is 0.693. The maximum atomic E-state index is 6.34. The van der Waals surface area contributed by atoms with Crippen LogP contribution >= 0.6 is 11.6 Å². The van der Waals surface area contributed by atoms with Gasteiger partial charge in [0, 0.05) is 5.02 Å². The van der Waals surface area contributed by atoms with E-state index >= 15 is 0 Å². The number of hydrogen-bond donors (Lipinski definition) is 0. The highest BCUT2D eigenvalue weighted by atomic mass is 35.5. The van der Waals surface area contributed by atoms with Crippen molar-refractivity contribution in [1.29, 1.82) is 0 Å². The Balaban J connectivity index is 2.25. The van der Waals surface area contributed by atoms with Gasteiger partial charge in [0.25, 0.3) is 0 Å². The van der Waals surface area contributed by atoms with Gasteiger partial charge in [-0.25, -0.2) is 0 Å². The fourth-order valence-corrected chi connectivity index (χ4v) is 3.96. The second-order valence-electron chi connectivity index (χ2n) is 5.86. The molecule has 0 heterocycles. The SMILES string of the molecule is CC1=c2ccc3c(c2CCC1)CC=c1c(Cl)cccc1=3. The van der Waals surface area contributed by atoms with Gasteiger partial charge in [-0.3, -0.25) is 0 Å². The molecule has 0 amide bonds. The van der Waals surface area contributed by atoms with Crippen LogP contribution in [0.1, 0.15) is 30.9 Å². The molecular weight excluding hydrogens is 264 g/mol. The molecule has 0 fully saturated rings. The summed E-state index contributed by atoms with van der Waals surface area (Å²) in [7, 11) is 0. The zero-order chi connectivity index (χ0) is 13.7. The van der Waals surface area contributed by atoms with E-state index in [1.807, 2.05) is 6.07 Å². The van der Waals surface area contributed by atoms with Crippen LogP contribution in [0.3, 0.4) is 0 Å². The standard InChI is InChI=1S/C19H17Cl/c1-12-4-2-5-14-13(12)8-9-17-15-6-3-7-19(20)18(15)11-10-16(14)17/h3,6-9,11H,2,4-5,10H2,1H3. The normalized spacial score (nSPS) is 16.0. The van der Waals surface area contributed by atoms with Gasteiger partial charge in [-0.2, -0.15) is 0 Å². The van der Waals surface area contributed by atoms with Gasteiger partial charge < -0.3 is 0 Å². The predicted molar refractivity (Wildman–Crippen MR) is 85.0 cm³/mol. The van der Waals surface area contributed by atoms with Crippen LogP contribution in [0.15, 0.2) is 30.3 Å². The molecule has 0 saturated carbocycles. The summed E-state index contributed by atoms with van der Waals surface area (Å²) in [6.45, 7) is 2.28. The third-order valence-electron chi connectivity index (χ3n) is 4.72. The predicted octanol–water partition coefficient (Wildman–Crippen LogP) is 3.47. The molecule has 2 aromatic carbocycles. The molecule has 0 saturated heterocycles. The van der Waals surface area contributed by atoms with Gasteiger partial charge in [0.15, 0.2) is 0 Å². The van der Waals surface area contributed by atoms with Crippen LogP contribution < -0.4 is 10.4 Å². The van der Waals surface area contributed by atoms with Crippen LogP contribution in [0.4, 0.5) is 0 Å². The molecular formula is C19H17Cl. The molecule has 0 radical (unpaired) electrons. The summed E-state index contributed by atoms with van der Waals surface area (Å²) in [6, 6.07) is 10.9. The summed E-state index contributed by atoms with van der Waals surface area (Å²) < 4.78 is 0. The lowest BCUT2D eigenvalue weighted by atomic mass is 9.86. The molecule has 2 aliphatic carbocycles. The summed E-state index contributed by atoms with van der Waals surface area (Å²) in [5.41, 5.74) is 4.65. The lowest BCUT2D eigenvalue weighted by molar-refractivity contribution is 0.805. The monoisotopic (exact) mass is 280 g/mol. The molecule has 1 heteroatoms. The zero-order valence-electron chi connectivity index (χ0n) is 11.7. The first-order valence-electron chi connectivity index (χ1n) is 7.35. The van der Waals surface area contributed by atoms with Crippen LogP contribution in [-0.2, 0) is 12.8 Å². The number of hydrogen-bond acceptors (Lipinski definition) is 0. The molecule has 4 rings (SSSR count). The minimum atomic E-state index is 0.869. The lowest BCUT2D eigenvalue weighted by Crippen LogP contribution is -2.22. The second kappa shape index (κ2) is 4.49. The van der Waals surface area contributed by atoms with E-state index in [9.17, 15) is 0 Å². The average Bonchev–Trinajstić information content (AvgIpc) is 2.47. The van der Waals surface area contributed by atoms with Crippen molar-refractivity contribution >= 4 is 23.3 Å². The van der Waals surface area contributed by atoms with Crippen molar-refractivity contribution in [3.8, 4) is 0 Å². The number of halogens is 1. The summed E-state index contributed by atoms with van der Waals surface area (Å²) in [6.07, 6.45) is 7.07. The van der Waals surface area contributed by atoms with Crippen molar-refractivity contribution in [2.45, 2.75) is 32.6 Å². The first-order valence-corrected chi connectivity index (χ1v) is 7.73. The Morgan fingerprint density at radius 1 is 0.900 bits per heavy atom. The van der Waals surface area contributed by atoms with Crippen LogP contribution in [0.25, 0.3) is 11.6 Å². The third kappa shape index (κ3) is 1.68. The van der Waals surface area contributed by atoms with Gasteiger partial charge in [0.05, 0.1) is 0 Å². The molecule has 0 N–H and O–H groups in total. The minimum Gasteiger partial charge on any atom is -0.0837 e. The fraction of sp³-hybridized carbons (Fsp3) is 0.263. The van der Waals surface area contributed by atoms with Gasteiger partial charge in [0.1, 0.15) is 0 Å². The van der Waals surface area contributed by atoms with Crippen LogP contribution in [0, 0.1) is 10.4 Å². The van der Waals surface area contributed by atoms with Crippen molar-refractivity contribution in [2.75, 3.05) is 0 Å². The highest BCUT2D eigenvalue weighted by Gasteiger charge is 2.14. The molecule has 100 valence electrons. The van der Waals surface area contributed by atoms with E-state index in [1.54, 1.807) is 11.1 Å². The van der Waals surface area contributed by atoms with Crippen molar-refractivity contribution in [2.24, 2.45) is 0 Å². The Kier molecular flexibility index (Phi) is 2.75. The minimum absolute atomic E-state index is 0.869. The molecule has 20 heavy (non-hydrogen) atoms. The molecule has 0 unspecified atom stereocenters. The molecule has 0 spiro atoms. The highest BCUT2D eigenvalue weighted by molar-refractivity contribution is 6.30. The topological polar surface area (TPSA) is 0 Å². The fourth-order valence-electron chi connectivity index (χ4n) is 3.71. The zero-order valence-corrected chi connectivity index (χ0v) is 12.4. The Morgan fingerprint density at radius 3 is 2.65 bits per heavy atom. The average molecular weight is 281 g/mol. The second-order valence-corrected chi connectivity index (χ2v) is 6.27. The van der Waals surface area contributed by atoms with Gasteiger partial charge in [-0.05, 0) is 70.7 Å². The van der Waals surface area contributed by atoms with E-state index in [2.05, 4.69) is 37.3 Å². The van der Waals surface area contributed by atoms with Gasteiger partial charge in [-0.1, -0.05) is 47.5 Å². The molecule has 2 aliphatic rings. The Labute approximate surface area is 123 Å². The third-order valence-corrected chi connectivity index (χ3v) is 5.05. The number of fused-ring (bicyclic) bond motifs is 4. The molecule has 0 aliphatic heterocycles. The highest BCUT2D eigenvalue weighted by Crippen LogP contribution is 2.21. The molecule has 0 atom stereocenters. The van der Waals surface area contributed by atoms with E-state index in [4.69, 9.17) is 11.6 Å². The maximum absolute atomic E-state index is 6.34. The van der Waals surface area contributed by atoms with E-state index < -0.39 is 0 Å². The lowest BCUT2D eigenvalue weighted by Gasteiger charge is -2.19. The van der Waals surface area contributed by atoms with Crippen LogP contribution in [0.2, 0.25) is 5.02 Å². The van der Waals surface area contributed by atoms with Gasteiger partial charge >= 0.3 is 0 Å². The largest absolute Gasteiger partial charge is 0.0837 e. The number of benzene rings is 2. The summed E-state index contributed by atoms with van der Waals surface area (Å²) >= 11 is 6.34. The maximum Gasteiger partial charge on any atom is 0.0481 e. The molecule has 0 nitrogen and oxygen atoms in total. The summed E-state index contributed by atoms with van der Waals surface area (Å²) in [4.78, 5) is 0. The Morgan fingerprint density at radius 2 is 1.75 bits per heavy atom. The van der Waals surface area contributed by atoms with Crippen LogP contribution in [0.5, 0.6) is 0 Å². The van der Waals surface area contributed by atoms with Gasteiger partial charge in [-0.15, -0.1) is 0 Å². The van der Waals surface area contributed by atoms with Gasteiger partial charge in [0.2, 0.25) is 0 Å². The smallest absolute Gasteiger partial charge is 0.0481 e. The summed E-state index contributed by atoms with van der Waals surface area (Å²) in [5, 5.41) is 6.25. The van der Waals surface area contributed by atoms with Crippen molar-refractivity contribution in [1.82, 2.24) is 0 Å².